The van der Waals surface area contributed by atoms with Gasteiger partial charge in [0, 0.05) is 29.8 Å². The van der Waals surface area contributed by atoms with Gasteiger partial charge in [-0.1, -0.05) is 18.2 Å². The molecule has 0 fully saturated rings. The van der Waals surface area contributed by atoms with Crippen LogP contribution in [-0.2, 0) is 4.74 Å². The number of benzene rings is 1. The van der Waals surface area contributed by atoms with Gasteiger partial charge in [-0.2, -0.15) is 0 Å². The molecule has 20 heavy (non-hydrogen) atoms. The molecular weight excluding hydrogens is 272 g/mol. The van der Waals surface area contributed by atoms with E-state index >= 15 is 0 Å². The normalized spacial score (nSPS) is 10.9. The number of fused-ring (bicyclic) bond motifs is 1. The largest absolute Gasteiger partial charge is 0.397 e. The lowest BCUT2D eigenvalue weighted by molar-refractivity contribution is 0.0674. The molecule has 0 atom stereocenters. The third kappa shape index (κ3) is 2.94. The molecule has 2 N–H and O–H groups in total. The summed E-state index contributed by atoms with van der Waals surface area (Å²) in [7, 11) is 0. The number of rotatable bonds is 6. The Labute approximate surface area is 123 Å². The summed E-state index contributed by atoms with van der Waals surface area (Å²) in [5, 5.41) is 0.960. The van der Waals surface area contributed by atoms with E-state index in [1.54, 1.807) is 4.90 Å². The first-order chi connectivity index (χ1) is 9.69. The molecule has 108 valence electrons. The fourth-order valence-corrected chi connectivity index (χ4v) is 3.18. The van der Waals surface area contributed by atoms with Crippen LogP contribution in [-0.4, -0.2) is 37.1 Å². The summed E-state index contributed by atoms with van der Waals surface area (Å²) in [6, 6.07) is 7.84. The molecule has 0 aliphatic heterocycles. The summed E-state index contributed by atoms with van der Waals surface area (Å²) in [5.41, 5.74) is 6.71. The van der Waals surface area contributed by atoms with Gasteiger partial charge in [0.15, 0.2) is 0 Å². The third-order valence-electron chi connectivity index (χ3n) is 3.21. The molecule has 1 aromatic heterocycles. The maximum atomic E-state index is 12.6. The second-order valence-electron chi connectivity index (χ2n) is 4.42. The number of ether oxygens (including phenoxy) is 1. The van der Waals surface area contributed by atoms with Gasteiger partial charge in [-0.05, 0) is 19.9 Å². The minimum absolute atomic E-state index is 0.00842. The lowest BCUT2D eigenvalue weighted by Crippen LogP contribution is -2.33. The predicted octanol–water partition coefficient (Wildman–Crippen LogP) is 2.98. The second-order valence-corrected chi connectivity index (χ2v) is 5.47. The summed E-state index contributed by atoms with van der Waals surface area (Å²) < 4.78 is 6.37. The molecule has 0 bridgehead atoms. The maximum Gasteiger partial charge on any atom is 0.266 e. The van der Waals surface area contributed by atoms with Gasteiger partial charge in [-0.3, -0.25) is 4.79 Å². The monoisotopic (exact) mass is 292 g/mol. The van der Waals surface area contributed by atoms with E-state index < -0.39 is 0 Å². The first kappa shape index (κ1) is 14.8. The van der Waals surface area contributed by atoms with Gasteiger partial charge in [0.2, 0.25) is 0 Å². The number of thiophene rings is 1. The van der Waals surface area contributed by atoms with E-state index in [4.69, 9.17) is 10.5 Å². The summed E-state index contributed by atoms with van der Waals surface area (Å²) in [6.45, 7) is 6.38. The van der Waals surface area contributed by atoms with Crippen molar-refractivity contribution >= 4 is 33.0 Å². The lowest BCUT2D eigenvalue weighted by atomic mass is 10.2. The van der Waals surface area contributed by atoms with Crippen LogP contribution in [0.4, 0.5) is 5.69 Å². The molecule has 5 heteroatoms. The molecule has 0 aliphatic rings. The number of likely N-dealkylation sites (N-methyl/N-ethyl adjacent to an activating group) is 1. The van der Waals surface area contributed by atoms with Gasteiger partial charge in [0.05, 0.1) is 12.3 Å². The number of carbonyl (C=O) groups excluding carboxylic acids is 1. The topological polar surface area (TPSA) is 55.6 Å². The van der Waals surface area contributed by atoms with Crippen LogP contribution >= 0.6 is 11.3 Å². The van der Waals surface area contributed by atoms with Crippen molar-refractivity contribution in [2.75, 3.05) is 32.0 Å². The fraction of sp³-hybridized carbons (Fsp3) is 0.400. The molecule has 0 unspecified atom stereocenters. The summed E-state index contributed by atoms with van der Waals surface area (Å²) in [6.07, 6.45) is 0. The molecular formula is C15H20N2O2S. The van der Waals surface area contributed by atoms with E-state index in [1.807, 2.05) is 38.1 Å². The Bertz CT molecular complexity index is 595. The van der Waals surface area contributed by atoms with Crippen molar-refractivity contribution in [1.29, 1.82) is 0 Å². The number of carbonyl (C=O) groups is 1. The molecule has 1 aromatic carbocycles. The average Bonchev–Trinajstić information content (AvgIpc) is 2.81. The van der Waals surface area contributed by atoms with Crippen LogP contribution in [0.15, 0.2) is 24.3 Å². The van der Waals surface area contributed by atoms with E-state index in [0.717, 1.165) is 10.1 Å². The molecule has 0 aliphatic carbocycles. The zero-order valence-electron chi connectivity index (χ0n) is 11.9. The molecule has 0 radical (unpaired) electrons. The minimum Gasteiger partial charge on any atom is -0.397 e. The highest BCUT2D eigenvalue weighted by Crippen LogP contribution is 2.34. The SMILES string of the molecule is CCOCCN(CC)C(=O)c1sc2ccccc2c1N. The maximum absolute atomic E-state index is 12.6. The minimum atomic E-state index is -0.00842. The van der Waals surface area contributed by atoms with E-state index in [0.29, 0.717) is 36.9 Å². The number of hydrogen-bond acceptors (Lipinski definition) is 4. The van der Waals surface area contributed by atoms with E-state index in [2.05, 4.69) is 0 Å². The van der Waals surface area contributed by atoms with Crippen molar-refractivity contribution in [3.8, 4) is 0 Å². The van der Waals surface area contributed by atoms with Gasteiger partial charge in [0.1, 0.15) is 4.88 Å². The van der Waals surface area contributed by atoms with Gasteiger partial charge in [-0.15, -0.1) is 11.3 Å². The van der Waals surface area contributed by atoms with Gasteiger partial charge >= 0.3 is 0 Å². The van der Waals surface area contributed by atoms with Crippen LogP contribution in [0.3, 0.4) is 0 Å². The highest BCUT2D eigenvalue weighted by molar-refractivity contribution is 7.21. The van der Waals surface area contributed by atoms with Crippen LogP contribution in [0.2, 0.25) is 0 Å². The molecule has 0 saturated carbocycles. The zero-order chi connectivity index (χ0) is 14.5. The highest BCUT2D eigenvalue weighted by atomic mass is 32.1. The van der Waals surface area contributed by atoms with Crippen LogP contribution < -0.4 is 5.73 Å². The molecule has 1 amide bonds. The van der Waals surface area contributed by atoms with Crippen LogP contribution in [0.25, 0.3) is 10.1 Å². The summed E-state index contributed by atoms with van der Waals surface area (Å²) in [5.74, 6) is -0.00842. The Morgan fingerprint density at radius 3 is 2.75 bits per heavy atom. The average molecular weight is 292 g/mol. The number of nitrogens with zero attached hydrogens (tertiary/aromatic N) is 1. The molecule has 1 heterocycles. The molecule has 2 aromatic rings. The van der Waals surface area contributed by atoms with Crippen LogP contribution in [0.1, 0.15) is 23.5 Å². The molecule has 4 nitrogen and oxygen atoms in total. The summed E-state index contributed by atoms with van der Waals surface area (Å²) >= 11 is 1.46. The standard InChI is InChI=1S/C15H20N2O2S/c1-3-17(9-10-19-4-2)15(18)14-13(16)11-7-5-6-8-12(11)20-14/h5-8H,3-4,9-10,16H2,1-2H3. The number of nitrogens with two attached hydrogens (primary N) is 1. The van der Waals surface area contributed by atoms with Crippen LogP contribution in [0.5, 0.6) is 0 Å². The Hall–Kier alpha value is -1.59. The first-order valence-electron chi connectivity index (χ1n) is 6.83. The van der Waals surface area contributed by atoms with Crippen molar-refractivity contribution < 1.29 is 9.53 Å². The van der Waals surface area contributed by atoms with Gasteiger partial charge in [-0.25, -0.2) is 0 Å². The number of nitrogen functional groups attached to an aromatic ring is 1. The van der Waals surface area contributed by atoms with Crippen molar-refractivity contribution in [2.45, 2.75) is 13.8 Å². The number of hydrogen-bond donors (Lipinski definition) is 1. The van der Waals surface area contributed by atoms with E-state index in [-0.39, 0.29) is 5.91 Å². The second kappa shape index (κ2) is 6.72. The Kier molecular flexibility index (Phi) is 4.98. The number of anilines is 1. The highest BCUT2D eigenvalue weighted by Gasteiger charge is 2.20. The quantitative estimate of drug-likeness (QED) is 0.833. The molecule has 0 saturated heterocycles. The van der Waals surface area contributed by atoms with Gasteiger partial charge in [0.25, 0.3) is 5.91 Å². The zero-order valence-corrected chi connectivity index (χ0v) is 12.7. The van der Waals surface area contributed by atoms with Crippen LogP contribution in [0, 0.1) is 0 Å². The smallest absolute Gasteiger partial charge is 0.266 e. The summed E-state index contributed by atoms with van der Waals surface area (Å²) in [4.78, 5) is 15.0. The lowest BCUT2D eigenvalue weighted by Gasteiger charge is -2.20. The Morgan fingerprint density at radius 2 is 2.10 bits per heavy atom. The molecule has 0 spiro atoms. The van der Waals surface area contributed by atoms with Crippen molar-refractivity contribution in [1.82, 2.24) is 4.90 Å². The van der Waals surface area contributed by atoms with E-state index in [1.165, 1.54) is 11.3 Å². The third-order valence-corrected chi connectivity index (χ3v) is 4.38. The fourth-order valence-electron chi connectivity index (χ4n) is 2.09. The van der Waals surface area contributed by atoms with Crippen molar-refractivity contribution in [3.05, 3.63) is 29.1 Å². The molecule has 2 rings (SSSR count). The Morgan fingerprint density at radius 1 is 1.35 bits per heavy atom. The first-order valence-corrected chi connectivity index (χ1v) is 7.64. The van der Waals surface area contributed by atoms with Crippen molar-refractivity contribution in [3.63, 3.8) is 0 Å². The van der Waals surface area contributed by atoms with E-state index in [9.17, 15) is 4.79 Å². The predicted molar refractivity (Wildman–Crippen MR) is 84.3 cm³/mol. The van der Waals surface area contributed by atoms with Crippen molar-refractivity contribution in [2.24, 2.45) is 0 Å². The van der Waals surface area contributed by atoms with Gasteiger partial charge < -0.3 is 15.4 Å². The Balaban J connectivity index is 2.23. The number of amides is 1.